The minimum Gasteiger partial charge on any atom is -0.481 e. The Kier molecular flexibility index (Phi) is 430. The zero-order valence-electron chi connectivity index (χ0n) is 5.14. The van der Waals surface area contributed by atoms with Crippen LogP contribution < -0.4 is 0 Å². The summed E-state index contributed by atoms with van der Waals surface area (Å²) in [7, 11) is 0. The summed E-state index contributed by atoms with van der Waals surface area (Å²) in [6.45, 7) is 1.08. The molecule has 0 aromatic carbocycles. The topological polar surface area (TPSA) is 195 Å². The Balaban J connectivity index is -0.00000000300. The van der Waals surface area contributed by atoms with E-state index in [-0.39, 0.29) is 64.7 Å². The summed E-state index contributed by atoms with van der Waals surface area (Å²) in [5.41, 5.74) is 0. The van der Waals surface area contributed by atoms with Crippen LogP contribution in [-0.4, -0.2) is 38.5 Å². The van der Waals surface area contributed by atoms with Crippen LogP contribution in [0.1, 0.15) is 6.92 Å². The van der Waals surface area contributed by atoms with E-state index in [1.165, 1.54) is 0 Å². The van der Waals surface area contributed by atoms with Crippen molar-refractivity contribution in [1.29, 1.82) is 0 Å². The molecule has 0 bridgehead atoms. The zero-order chi connectivity index (χ0) is 3.58. The molecule has 10 heavy (non-hydrogen) atoms. The fraction of sp³-hybridized carbons (Fsp3) is 0.500. The molecule has 0 amide bonds. The minimum atomic E-state index is -0.833. The van der Waals surface area contributed by atoms with E-state index in [1.54, 1.807) is 0 Å². The van der Waals surface area contributed by atoms with Crippen LogP contribution in [0.5, 0.6) is 0 Å². The van der Waals surface area contributed by atoms with E-state index in [9.17, 15) is 0 Å². The van der Waals surface area contributed by atoms with Gasteiger partial charge in [0.2, 0.25) is 0 Å². The molecule has 0 unspecified atom stereocenters. The van der Waals surface area contributed by atoms with Crippen molar-refractivity contribution >= 4 is 5.97 Å². The maximum Gasteiger partial charge on any atom is 0.300 e. The fourth-order valence-corrected chi connectivity index (χ4v) is 0. The van der Waals surface area contributed by atoms with Crippen LogP contribution in [0.15, 0.2) is 0 Å². The quantitative estimate of drug-likeness (QED) is 0.475. The molecule has 0 aromatic rings. The van der Waals surface area contributed by atoms with Crippen LogP contribution in [0.25, 0.3) is 0 Å². The maximum absolute atomic E-state index is 9.00. The molecule has 11 N–H and O–H groups in total. The maximum atomic E-state index is 9.00. The van der Waals surface area contributed by atoms with Gasteiger partial charge in [0.1, 0.15) is 0 Å². The van der Waals surface area contributed by atoms with E-state index >= 15 is 0 Å². The Labute approximate surface area is 87.2 Å². The number of carbonyl (C=O) groups is 1. The number of rotatable bonds is 0. The van der Waals surface area contributed by atoms with Crippen molar-refractivity contribution in [2.24, 2.45) is 0 Å². The van der Waals surface area contributed by atoms with Gasteiger partial charge in [0, 0.05) is 44.2 Å². The molecule has 0 radical (unpaired) electrons. The molecule has 0 aromatic heterocycles. The van der Waals surface area contributed by atoms with Gasteiger partial charge >= 0.3 is 0 Å². The molecule has 0 aliphatic heterocycles. The second kappa shape index (κ2) is 55.8. The van der Waals surface area contributed by atoms with E-state index in [0.717, 1.165) is 6.92 Å². The van der Waals surface area contributed by atoms with Crippen molar-refractivity contribution in [2.75, 3.05) is 0 Å². The Morgan fingerprint density at radius 1 is 1.00 bits per heavy atom. The van der Waals surface area contributed by atoms with Crippen molar-refractivity contribution in [1.82, 2.24) is 0 Å². The predicted molar refractivity (Wildman–Crippen MR) is 31.4 cm³/mol. The van der Waals surface area contributed by atoms with Gasteiger partial charge in [-0.1, -0.05) is 0 Å². The molecule has 0 spiro atoms. The molecular formula is C2H14ErO7. The summed E-state index contributed by atoms with van der Waals surface area (Å²) < 4.78 is 0. The first-order valence-electron chi connectivity index (χ1n) is 0.928. The molecule has 0 atom stereocenters. The van der Waals surface area contributed by atoms with Crippen LogP contribution in [0.2, 0.25) is 0 Å². The van der Waals surface area contributed by atoms with Gasteiger partial charge in [0.15, 0.2) is 0 Å². The van der Waals surface area contributed by atoms with Crippen LogP contribution >= 0.6 is 0 Å². The van der Waals surface area contributed by atoms with Crippen LogP contribution in [-0.2, 0) is 4.79 Å². The van der Waals surface area contributed by atoms with Gasteiger partial charge in [-0.2, -0.15) is 0 Å². The SMILES string of the molecule is CC(=O)O.O.O.O.O.O.[Er]. The van der Waals surface area contributed by atoms with Crippen LogP contribution in [0, 0.1) is 37.3 Å². The largest absolute Gasteiger partial charge is 0.481 e. The van der Waals surface area contributed by atoms with Crippen molar-refractivity contribution in [3.05, 3.63) is 0 Å². The van der Waals surface area contributed by atoms with Gasteiger partial charge < -0.3 is 32.5 Å². The van der Waals surface area contributed by atoms with E-state index in [1.807, 2.05) is 0 Å². The summed E-state index contributed by atoms with van der Waals surface area (Å²) in [6.07, 6.45) is 0. The summed E-state index contributed by atoms with van der Waals surface area (Å²) in [6, 6.07) is 0. The first-order chi connectivity index (χ1) is 1.73. The predicted octanol–water partition coefficient (Wildman–Crippen LogP) is -4.03. The standard InChI is InChI=1S/C2H4O2.Er.5H2O/c1-2(3)4;;;;;;/h1H3,(H,3,4);;5*1H2. The molecule has 8 heteroatoms. The van der Waals surface area contributed by atoms with E-state index in [2.05, 4.69) is 0 Å². The van der Waals surface area contributed by atoms with Crippen LogP contribution in [0.3, 0.4) is 0 Å². The zero-order valence-corrected chi connectivity index (χ0v) is 7.00. The third-order valence-electron chi connectivity index (χ3n) is 0. The van der Waals surface area contributed by atoms with Crippen molar-refractivity contribution in [3.63, 3.8) is 0 Å². The molecule has 0 heterocycles. The van der Waals surface area contributed by atoms with Gasteiger partial charge in [-0.25, -0.2) is 0 Å². The smallest absolute Gasteiger partial charge is 0.300 e. The Morgan fingerprint density at radius 3 is 1.00 bits per heavy atom. The van der Waals surface area contributed by atoms with Gasteiger partial charge in [-0.05, 0) is 0 Å². The summed E-state index contributed by atoms with van der Waals surface area (Å²) in [5, 5.41) is 7.42. The summed E-state index contributed by atoms with van der Waals surface area (Å²) in [4.78, 5) is 9.00. The third kappa shape index (κ3) is 1800. The number of hydrogen-bond acceptors (Lipinski definition) is 1. The first kappa shape index (κ1) is 77.0. The minimum absolute atomic E-state index is 0. The molecule has 0 aliphatic carbocycles. The molecule has 0 fully saturated rings. The molecule has 0 aliphatic rings. The molecule has 0 saturated heterocycles. The van der Waals surface area contributed by atoms with E-state index in [4.69, 9.17) is 9.90 Å². The van der Waals surface area contributed by atoms with Gasteiger partial charge in [0.25, 0.3) is 5.97 Å². The molecule has 0 rings (SSSR count). The Bertz CT molecular complexity index is 34.6. The Hall–Kier alpha value is 0.517. The van der Waals surface area contributed by atoms with Gasteiger partial charge in [-0.15, -0.1) is 0 Å². The normalized spacial score (nSPS) is 2.50. The third-order valence-corrected chi connectivity index (χ3v) is 0. The number of hydrogen-bond donors (Lipinski definition) is 1. The van der Waals surface area contributed by atoms with E-state index < -0.39 is 5.97 Å². The average molecular weight is 317 g/mol. The second-order valence-electron chi connectivity index (χ2n) is 0.519. The Morgan fingerprint density at radius 2 is 1.00 bits per heavy atom. The average Bonchev–Trinajstić information content (AvgIpc) is 0.811. The first-order valence-corrected chi connectivity index (χ1v) is 0.928. The van der Waals surface area contributed by atoms with Crippen molar-refractivity contribution in [3.8, 4) is 0 Å². The molecule has 76 valence electrons. The van der Waals surface area contributed by atoms with Crippen LogP contribution in [0.4, 0.5) is 0 Å². The molecule has 7 nitrogen and oxygen atoms in total. The fourth-order valence-electron chi connectivity index (χ4n) is 0. The van der Waals surface area contributed by atoms with E-state index in [0.29, 0.717) is 0 Å². The van der Waals surface area contributed by atoms with Gasteiger partial charge in [-0.3, -0.25) is 4.79 Å². The summed E-state index contributed by atoms with van der Waals surface area (Å²) >= 11 is 0. The molecular weight excluding hydrogens is 303 g/mol. The van der Waals surface area contributed by atoms with Crippen molar-refractivity contribution < 1.29 is 74.6 Å². The monoisotopic (exact) mass is 316 g/mol. The number of carboxylic acid groups (broad SMARTS) is 1. The molecule has 0 saturated carbocycles. The van der Waals surface area contributed by atoms with Gasteiger partial charge in [0.05, 0.1) is 0 Å². The summed E-state index contributed by atoms with van der Waals surface area (Å²) in [5.74, 6) is -0.833. The van der Waals surface area contributed by atoms with Crippen molar-refractivity contribution in [2.45, 2.75) is 6.92 Å². The number of aliphatic carboxylic acids is 1. The number of carboxylic acids is 1. The second-order valence-corrected chi connectivity index (χ2v) is 0.519.